The quantitative estimate of drug-likeness (QED) is 0.762. The standard InChI is InChI=1S/C11H22N4O/c1-5-9(12-4)8-10-13-11(14-16-10)15(6-2)7-3/h9,12H,5-8H2,1-4H3. The van der Waals surface area contributed by atoms with E-state index in [2.05, 4.69) is 41.1 Å². The maximum absolute atomic E-state index is 5.24. The largest absolute Gasteiger partial charge is 0.339 e. The van der Waals surface area contributed by atoms with Crippen molar-refractivity contribution in [3.8, 4) is 0 Å². The Morgan fingerprint density at radius 3 is 2.50 bits per heavy atom. The van der Waals surface area contributed by atoms with Crippen molar-refractivity contribution in [3.05, 3.63) is 5.89 Å². The van der Waals surface area contributed by atoms with Crippen molar-refractivity contribution in [3.63, 3.8) is 0 Å². The van der Waals surface area contributed by atoms with Gasteiger partial charge in [-0.15, -0.1) is 0 Å². The Balaban J connectivity index is 2.63. The molecule has 0 aromatic carbocycles. The van der Waals surface area contributed by atoms with Crippen LogP contribution in [-0.2, 0) is 6.42 Å². The fourth-order valence-corrected chi connectivity index (χ4v) is 1.62. The lowest BCUT2D eigenvalue weighted by Gasteiger charge is -2.14. The number of hydrogen-bond acceptors (Lipinski definition) is 5. The van der Waals surface area contributed by atoms with Crippen molar-refractivity contribution in [2.75, 3.05) is 25.0 Å². The predicted molar refractivity (Wildman–Crippen MR) is 64.7 cm³/mol. The highest BCUT2D eigenvalue weighted by Gasteiger charge is 2.14. The summed E-state index contributed by atoms with van der Waals surface area (Å²) in [4.78, 5) is 6.47. The van der Waals surface area contributed by atoms with Crippen LogP contribution >= 0.6 is 0 Å². The van der Waals surface area contributed by atoms with E-state index in [-0.39, 0.29) is 0 Å². The second-order valence-electron chi connectivity index (χ2n) is 3.76. The van der Waals surface area contributed by atoms with Crippen LogP contribution in [0, 0.1) is 0 Å². The third-order valence-corrected chi connectivity index (χ3v) is 2.83. The van der Waals surface area contributed by atoms with E-state index in [9.17, 15) is 0 Å². The number of nitrogens with one attached hydrogen (secondary N) is 1. The zero-order valence-electron chi connectivity index (χ0n) is 10.7. The highest BCUT2D eigenvalue weighted by molar-refractivity contribution is 5.26. The molecular weight excluding hydrogens is 204 g/mol. The van der Waals surface area contributed by atoms with Crippen LogP contribution < -0.4 is 10.2 Å². The van der Waals surface area contributed by atoms with Gasteiger partial charge in [0.05, 0.1) is 0 Å². The molecule has 0 spiro atoms. The van der Waals surface area contributed by atoms with Crippen LogP contribution in [0.25, 0.3) is 0 Å². The van der Waals surface area contributed by atoms with E-state index in [0.29, 0.717) is 17.9 Å². The van der Waals surface area contributed by atoms with Crippen molar-refractivity contribution < 1.29 is 4.52 Å². The van der Waals surface area contributed by atoms with Gasteiger partial charge in [-0.05, 0) is 32.5 Å². The maximum atomic E-state index is 5.24. The molecule has 0 saturated heterocycles. The number of anilines is 1. The molecule has 0 aliphatic carbocycles. The first-order valence-electron chi connectivity index (χ1n) is 5.99. The first kappa shape index (κ1) is 13.0. The third kappa shape index (κ3) is 3.20. The van der Waals surface area contributed by atoms with Crippen LogP contribution in [0.5, 0.6) is 0 Å². The van der Waals surface area contributed by atoms with E-state index >= 15 is 0 Å². The van der Waals surface area contributed by atoms with Crippen molar-refractivity contribution in [2.45, 2.75) is 39.7 Å². The molecule has 1 N–H and O–H groups in total. The molecule has 1 aromatic rings. The zero-order valence-corrected chi connectivity index (χ0v) is 10.7. The summed E-state index contributed by atoms with van der Waals surface area (Å²) in [7, 11) is 1.95. The Morgan fingerprint density at radius 1 is 1.31 bits per heavy atom. The molecule has 5 nitrogen and oxygen atoms in total. The monoisotopic (exact) mass is 226 g/mol. The summed E-state index contributed by atoms with van der Waals surface area (Å²) in [5.74, 6) is 1.41. The molecular formula is C11H22N4O. The summed E-state index contributed by atoms with van der Waals surface area (Å²) in [6.45, 7) is 8.12. The zero-order chi connectivity index (χ0) is 12.0. The summed E-state index contributed by atoms with van der Waals surface area (Å²) in [6.07, 6.45) is 1.85. The molecule has 1 rings (SSSR count). The molecule has 0 amide bonds. The van der Waals surface area contributed by atoms with Gasteiger partial charge >= 0.3 is 0 Å². The Kier molecular flexibility index (Phi) is 5.25. The van der Waals surface area contributed by atoms with Crippen molar-refractivity contribution in [2.24, 2.45) is 0 Å². The molecule has 1 unspecified atom stereocenters. The van der Waals surface area contributed by atoms with Crippen molar-refractivity contribution in [1.29, 1.82) is 0 Å². The molecule has 5 heteroatoms. The van der Waals surface area contributed by atoms with Gasteiger partial charge in [0, 0.05) is 25.6 Å². The Hall–Kier alpha value is -1.10. The summed E-state index contributed by atoms with van der Waals surface area (Å²) < 4.78 is 5.24. The minimum atomic E-state index is 0.407. The van der Waals surface area contributed by atoms with E-state index in [0.717, 1.165) is 25.9 Å². The van der Waals surface area contributed by atoms with Gasteiger partial charge in [-0.2, -0.15) is 4.98 Å². The van der Waals surface area contributed by atoms with Crippen LogP contribution in [0.4, 0.5) is 5.95 Å². The molecule has 0 aliphatic rings. The van der Waals surface area contributed by atoms with Crippen LogP contribution in [0.3, 0.4) is 0 Å². The highest BCUT2D eigenvalue weighted by atomic mass is 16.5. The van der Waals surface area contributed by atoms with E-state index in [1.807, 2.05) is 7.05 Å². The Bertz CT molecular complexity index is 292. The molecule has 0 aliphatic heterocycles. The number of rotatable bonds is 7. The average Bonchev–Trinajstić information content (AvgIpc) is 2.76. The smallest absolute Gasteiger partial charge is 0.266 e. The first-order valence-corrected chi connectivity index (χ1v) is 5.99. The Morgan fingerprint density at radius 2 is 2.00 bits per heavy atom. The molecule has 0 saturated carbocycles. The minimum Gasteiger partial charge on any atom is -0.339 e. The molecule has 1 heterocycles. The van der Waals surface area contributed by atoms with Gasteiger partial charge in [0.1, 0.15) is 0 Å². The first-order chi connectivity index (χ1) is 7.74. The SMILES string of the molecule is CCC(Cc1nc(N(CC)CC)no1)NC. The van der Waals surface area contributed by atoms with Crippen LogP contribution in [-0.4, -0.2) is 36.3 Å². The molecule has 1 aromatic heterocycles. The average molecular weight is 226 g/mol. The third-order valence-electron chi connectivity index (χ3n) is 2.83. The van der Waals surface area contributed by atoms with Gasteiger partial charge in [0.25, 0.3) is 5.95 Å². The summed E-state index contributed by atoms with van der Waals surface area (Å²) in [5.41, 5.74) is 0. The summed E-state index contributed by atoms with van der Waals surface area (Å²) in [5, 5.41) is 7.22. The molecule has 92 valence electrons. The van der Waals surface area contributed by atoms with Gasteiger partial charge in [0.2, 0.25) is 5.89 Å². The topological polar surface area (TPSA) is 54.2 Å². The van der Waals surface area contributed by atoms with Gasteiger partial charge in [-0.1, -0.05) is 6.92 Å². The predicted octanol–water partition coefficient (Wildman–Crippen LogP) is 1.46. The molecule has 0 radical (unpaired) electrons. The van der Waals surface area contributed by atoms with Crippen LogP contribution in [0.15, 0.2) is 4.52 Å². The van der Waals surface area contributed by atoms with Gasteiger partial charge < -0.3 is 14.7 Å². The highest BCUT2D eigenvalue weighted by Crippen LogP contribution is 2.10. The summed E-state index contributed by atoms with van der Waals surface area (Å²) in [6, 6.07) is 0.407. The van der Waals surface area contributed by atoms with E-state index in [4.69, 9.17) is 4.52 Å². The second-order valence-corrected chi connectivity index (χ2v) is 3.76. The second kappa shape index (κ2) is 6.48. The number of hydrogen-bond donors (Lipinski definition) is 1. The summed E-state index contributed by atoms with van der Waals surface area (Å²) >= 11 is 0. The van der Waals surface area contributed by atoms with Gasteiger partial charge in [0.15, 0.2) is 0 Å². The van der Waals surface area contributed by atoms with Crippen molar-refractivity contribution >= 4 is 5.95 Å². The lowest BCUT2D eigenvalue weighted by atomic mass is 10.1. The van der Waals surface area contributed by atoms with Crippen LogP contribution in [0.1, 0.15) is 33.1 Å². The lowest BCUT2D eigenvalue weighted by Crippen LogP contribution is -2.27. The van der Waals surface area contributed by atoms with Gasteiger partial charge in [-0.3, -0.25) is 0 Å². The molecule has 0 bridgehead atoms. The van der Waals surface area contributed by atoms with E-state index < -0.39 is 0 Å². The van der Waals surface area contributed by atoms with E-state index in [1.54, 1.807) is 0 Å². The Labute approximate surface area is 97.2 Å². The molecule has 0 fully saturated rings. The molecule has 16 heavy (non-hydrogen) atoms. The number of nitrogens with zero attached hydrogens (tertiary/aromatic N) is 3. The maximum Gasteiger partial charge on any atom is 0.266 e. The lowest BCUT2D eigenvalue weighted by molar-refractivity contribution is 0.358. The number of likely N-dealkylation sites (N-methyl/N-ethyl adjacent to an activating group) is 1. The fourth-order valence-electron chi connectivity index (χ4n) is 1.62. The van der Waals surface area contributed by atoms with Gasteiger partial charge in [-0.25, -0.2) is 0 Å². The van der Waals surface area contributed by atoms with E-state index in [1.165, 1.54) is 0 Å². The van der Waals surface area contributed by atoms with Crippen molar-refractivity contribution in [1.82, 2.24) is 15.5 Å². The normalized spacial score (nSPS) is 12.8. The molecule has 1 atom stereocenters. The fraction of sp³-hybridized carbons (Fsp3) is 0.818. The number of aromatic nitrogens is 2. The van der Waals surface area contributed by atoms with Crippen LogP contribution in [0.2, 0.25) is 0 Å². The minimum absolute atomic E-state index is 0.407.